The molecule has 2 rings (SSSR count). The second-order valence-electron chi connectivity index (χ2n) is 4.00. The molecule has 0 saturated carbocycles. The Labute approximate surface area is 106 Å². The van der Waals surface area contributed by atoms with Gasteiger partial charge in [0, 0.05) is 23.5 Å². The molecule has 0 aromatic heterocycles. The van der Waals surface area contributed by atoms with Crippen LogP contribution in [0.15, 0.2) is 42.5 Å². The molecule has 0 amide bonds. The minimum atomic E-state index is 0.0752. The molecular formula is C14H16N2O2. The second-order valence-corrected chi connectivity index (χ2v) is 4.00. The zero-order valence-corrected chi connectivity index (χ0v) is 9.93. The minimum Gasteiger partial charge on any atom is -0.508 e. The van der Waals surface area contributed by atoms with Crippen molar-refractivity contribution in [1.82, 2.24) is 0 Å². The van der Waals surface area contributed by atoms with Crippen LogP contribution in [0.5, 0.6) is 5.75 Å². The predicted molar refractivity (Wildman–Crippen MR) is 73.5 cm³/mol. The Morgan fingerprint density at radius 2 is 1.94 bits per heavy atom. The van der Waals surface area contributed by atoms with E-state index in [1.54, 1.807) is 24.3 Å². The maximum absolute atomic E-state index is 9.49. The molecule has 0 radical (unpaired) electrons. The van der Waals surface area contributed by atoms with Crippen molar-refractivity contribution in [2.75, 3.05) is 24.2 Å². The van der Waals surface area contributed by atoms with Crippen molar-refractivity contribution >= 4 is 11.4 Å². The van der Waals surface area contributed by atoms with Crippen molar-refractivity contribution in [3.63, 3.8) is 0 Å². The molecule has 0 spiro atoms. The van der Waals surface area contributed by atoms with Crippen molar-refractivity contribution in [2.24, 2.45) is 0 Å². The van der Waals surface area contributed by atoms with Crippen molar-refractivity contribution < 1.29 is 10.2 Å². The van der Waals surface area contributed by atoms with Crippen LogP contribution in [0.2, 0.25) is 0 Å². The third-order valence-electron chi connectivity index (χ3n) is 2.65. The highest BCUT2D eigenvalue weighted by Crippen LogP contribution is 2.30. The van der Waals surface area contributed by atoms with Crippen LogP contribution in [0.4, 0.5) is 11.4 Å². The number of anilines is 2. The lowest BCUT2D eigenvalue weighted by molar-refractivity contribution is 0.311. The second kappa shape index (κ2) is 5.42. The van der Waals surface area contributed by atoms with Gasteiger partial charge in [-0.2, -0.15) is 0 Å². The number of nitrogen functional groups attached to an aromatic ring is 1. The Kier molecular flexibility index (Phi) is 3.69. The standard InChI is InChI=1S/C14H16N2O2/c15-14-5-4-11(16-6-7-17)9-13(14)10-2-1-3-12(18)8-10/h1-5,8-9,16-18H,6-7,15H2. The first kappa shape index (κ1) is 12.3. The lowest BCUT2D eigenvalue weighted by atomic mass is 10.0. The summed E-state index contributed by atoms with van der Waals surface area (Å²) >= 11 is 0. The number of nitrogens with one attached hydrogen (secondary N) is 1. The Bertz CT molecular complexity index is 541. The summed E-state index contributed by atoms with van der Waals surface area (Å²) in [5.41, 5.74) is 9.19. The van der Waals surface area contributed by atoms with Gasteiger partial charge in [0.05, 0.1) is 6.61 Å². The number of hydrogen-bond acceptors (Lipinski definition) is 4. The summed E-state index contributed by atoms with van der Waals surface area (Å²) in [6.07, 6.45) is 0. The van der Waals surface area contributed by atoms with E-state index in [4.69, 9.17) is 10.8 Å². The average Bonchev–Trinajstić information content (AvgIpc) is 2.38. The molecule has 4 nitrogen and oxygen atoms in total. The number of phenols is 1. The number of nitrogens with two attached hydrogens (primary N) is 1. The van der Waals surface area contributed by atoms with Crippen molar-refractivity contribution in [3.8, 4) is 16.9 Å². The summed E-state index contributed by atoms with van der Waals surface area (Å²) in [6.45, 7) is 0.565. The molecule has 0 unspecified atom stereocenters. The molecule has 0 aliphatic carbocycles. The molecule has 0 aliphatic rings. The predicted octanol–water partition coefficient (Wildman–Crippen LogP) is 2.05. The summed E-state index contributed by atoms with van der Waals surface area (Å²) in [5.74, 6) is 0.209. The maximum Gasteiger partial charge on any atom is 0.116 e. The number of phenolic OH excluding ortho intramolecular Hbond substituents is 1. The van der Waals surface area contributed by atoms with Gasteiger partial charge >= 0.3 is 0 Å². The molecule has 2 aromatic rings. The average molecular weight is 244 g/mol. The van der Waals surface area contributed by atoms with Gasteiger partial charge in [0.1, 0.15) is 5.75 Å². The third kappa shape index (κ3) is 2.73. The van der Waals surface area contributed by atoms with Crippen LogP contribution in [0.3, 0.4) is 0 Å². The van der Waals surface area contributed by atoms with Crippen LogP contribution in [-0.4, -0.2) is 23.4 Å². The fourth-order valence-electron chi connectivity index (χ4n) is 1.79. The number of rotatable bonds is 4. The molecule has 0 bridgehead atoms. The lowest BCUT2D eigenvalue weighted by Crippen LogP contribution is -2.05. The van der Waals surface area contributed by atoms with Gasteiger partial charge in [-0.05, 0) is 35.9 Å². The van der Waals surface area contributed by atoms with E-state index < -0.39 is 0 Å². The quantitative estimate of drug-likeness (QED) is 0.621. The Hall–Kier alpha value is -2.20. The zero-order chi connectivity index (χ0) is 13.0. The molecule has 5 N–H and O–H groups in total. The Morgan fingerprint density at radius 3 is 2.67 bits per heavy atom. The van der Waals surface area contributed by atoms with Crippen LogP contribution in [0.25, 0.3) is 11.1 Å². The summed E-state index contributed by atoms with van der Waals surface area (Å²) in [5, 5.41) is 21.3. The highest BCUT2D eigenvalue weighted by Gasteiger charge is 2.04. The van der Waals surface area contributed by atoms with E-state index in [-0.39, 0.29) is 12.4 Å². The smallest absolute Gasteiger partial charge is 0.116 e. The molecule has 4 heteroatoms. The molecule has 0 saturated heterocycles. The molecule has 0 fully saturated rings. The summed E-state index contributed by atoms with van der Waals surface area (Å²) in [7, 11) is 0. The van der Waals surface area contributed by atoms with E-state index in [9.17, 15) is 5.11 Å². The molecule has 94 valence electrons. The monoisotopic (exact) mass is 244 g/mol. The van der Waals surface area contributed by atoms with Gasteiger partial charge in [-0.1, -0.05) is 12.1 Å². The molecule has 2 aromatic carbocycles. The van der Waals surface area contributed by atoms with Gasteiger partial charge in [0.25, 0.3) is 0 Å². The summed E-state index contributed by atoms with van der Waals surface area (Å²) < 4.78 is 0. The fraction of sp³-hybridized carbons (Fsp3) is 0.143. The first-order valence-electron chi connectivity index (χ1n) is 5.74. The minimum absolute atomic E-state index is 0.0752. The van der Waals surface area contributed by atoms with Crippen LogP contribution in [-0.2, 0) is 0 Å². The highest BCUT2D eigenvalue weighted by atomic mass is 16.3. The Morgan fingerprint density at radius 1 is 1.11 bits per heavy atom. The molecule has 18 heavy (non-hydrogen) atoms. The summed E-state index contributed by atoms with van der Waals surface area (Å²) in [6, 6.07) is 12.5. The number of aliphatic hydroxyl groups is 1. The van der Waals surface area contributed by atoms with E-state index >= 15 is 0 Å². The van der Waals surface area contributed by atoms with E-state index in [2.05, 4.69) is 5.32 Å². The normalized spacial score (nSPS) is 10.3. The molecule has 0 heterocycles. The summed E-state index contributed by atoms with van der Waals surface area (Å²) in [4.78, 5) is 0. The number of hydrogen-bond donors (Lipinski definition) is 4. The van der Waals surface area contributed by atoms with Crippen LogP contribution in [0, 0.1) is 0 Å². The van der Waals surface area contributed by atoms with Gasteiger partial charge < -0.3 is 21.3 Å². The van der Waals surface area contributed by atoms with E-state index in [1.807, 2.05) is 18.2 Å². The molecule has 0 atom stereocenters. The van der Waals surface area contributed by atoms with Crippen LogP contribution in [0.1, 0.15) is 0 Å². The molecule has 0 aliphatic heterocycles. The number of aliphatic hydroxyl groups excluding tert-OH is 1. The van der Waals surface area contributed by atoms with E-state index in [0.29, 0.717) is 12.2 Å². The van der Waals surface area contributed by atoms with E-state index in [0.717, 1.165) is 16.8 Å². The van der Waals surface area contributed by atoms with Crippen molar-refractivity contribution in [1.29, 1.82) is 0 Å². The zero-order valence-electron chi connectivity index (χ0n) is 9.93. The van der Waals surface area contributed by atoms with Crippen molar-refractivity contribution in [2.45, 2.75) is 0 Å². The number of benzene rings is 2. The van der Waals surface area contributed by atoms with Crippen LogP contribution < -0.4 is 11.1 Å². The largest absolute Gasteiger partial charge is 0.508 e. The van der Waals surface area contributed by atoms with Crippen molar-refractivity contribution in [3.05, 3.63) is 42.5 Å². The fourth-order valence-corrected chi connectivity index (χ4v) is 1.79. The van der Waals surface area contributed by atoms with Gasteiger partial charge in [-0.15, -0.1) is 0 Å². The van der Waals surface area contributed by atoms with E-state index in [1.165, 1.54) is 0 Å². The Balaban J connectivity index is 2.37. The topological polar surface area (TPSA) is 78.5 Å². The van der Waals surface area contributed by atoms with Gasteiger partial charge in [0.2, 0.25) is 0 Å². The highest BCUT2D eigenvalue weighted by molar-refractivity contribution is 5.80. The van der Waals surface area contributed by atoms with Crippen LogP contribution >= 0.6 is 0 Å². The lowest BCUT2D eigenvalue weighted by Gasteiger charge is -2.10. The molecular weight excluding hydrogens is 228 g/mol. The third-order valence-corrected chi connectivity index (χ3v) is 2.65. The van der Waals surface area contributed by atoms with Gasteiger partial charge in [-0.3, -0.25) is 0 Å². The van der Waals surface area contributed by atoms with Gasteiger partial charge in [-0.25, -0.2) is 0 Å². The number of aromatic hydroxyl groups is 1. The van der Waals surface area contributed by atoms with Gasteiger partial charge in [0.15, 0.2) is 0 Å². The first-order chi connectivity index (χ1) is 8.70. The SMILES string of the molecule is Nc1ccc(NCCO)cc1-c1cccc(O)c1. The maximum atomic E-state index is 9.49. The first-order valence-corrected chi connectivity index (χ1v) is 5.74.